The van der Waals surface area contributed by atoms with E-state index in [4.69, 9.17) is 17.3 Å². The molecule has 0 saturated heterocycles. The molecule has 0 saturated carbocycles. The highest BCUT2D eigenvalue weighted by molar-refractivity contribution is 6.33. The molecule has 0 radical (unpaired) electrons. The van der Waals surface area contributed by atoms with Crippen molar-refractivity contribution in [1.29, 1.82) is 0 Å². The molecule has 0 spiro atoms. The average molecular weight is 307 g/mol. The third kappa shape index (κ3) is 4.45. The van der Waals surface area contributed by atoms with Gasteiger partial charge in [0.25, 0.3) is 0 Å². The third-order valence-electron chi connectivity index (χ3n) is 3.31. The zero-order chi connectivity index (χ0) is 15.4. The maximum atomic E-state index is 12.9. The molecule has 2 aromatic carbocycles. The van der Waals surface area contributed by atoms with Crippen LogP contribution in [-0.2, 0) is 13.0 Å². The van der Waals surface area contributed by atoms with E-state index < -0.39 is 0 Å². The minimum absolute atomic E-state index is 0.115. The van der Waals surface area contributed by atoms with Crippen molar-refractivity contribution in [2.24, 2.45) is 5.73 Å². The molecule has 0 aliphatic rings. The molecule has 0 aliphatic heterocycles. The van der Waals surface area contributed by atoms with E-state index in [1.54, 1.807) is 12.1 Å². The van der Waals surface area contributed by atoms with Gasteiger partial charge in [-0.25, -0.2) is 4.39 Å². The van der Waals surface area contributed by atoms with Crippen LogP contribution in [0.3, 0.4) is 0 Å². The zero-order valence-electron chi connectivity index (χ0n) is 12.3. The summed E-state index contributed by atoms with van der Waals surface area (Å²) in [5, 5.41) is 0.706. The van der Waals surface area contributed by atoms with Crippen molar-refractivity contribution >= 4 is 17.3 Å². The minimum Gasteiger partial charge on any atom is -0.369 e. The fourth-order valence-electron chi connectivity index (χ4n) is 2.31. The summed E-state index contributed by atoms with van der Waals surface area (Å²) >= 11 is 6.36. The lowest BCUT2D eigenvalue weighted by molar-refractivity contribution is 0.627. The molecule has 112 valence electrons. The Morgan fingerprint density at radius 3 is 2.33 bits per heavy atom. The first-order valence-corrected chi connectivity index (χ1v) is 7.33. The molecule has 0 aliphatic carbocycles. The van der Waals surface area contributed by atoms with Crippen molar-refractivity contribution in [3.8, 4) is 0 Å². The van der Waals surface area contributed by atoms with Gasteiger partial charge in [-0.1, -0.05) is 29.8 Å². The maximum Gasteiger partial charge on any atom is 0.123 e. The van der Waals surface area contributed by atoms with Gasteiger partial charge in [0, 0.05) is 19.6 Å². The smallest absolute Gasteiger partial charge is 0.123 e. The lowest BCUT2D eigenvalue weighted by atomic mass is 10.1. The molecule has 2 rings (SSSR count). The molecule has 0 fully saturated rings. The van der Waals surface area contributed by atoms with Crippen molar-refractivity contribution in [2.75, 3.05) is 11.9 Å². The largest absolute Gasteiger partial charge is 0.369 e. The summed E-state index contributed by atoms with van der Waals surface area (Å²) in [5.74, 6) is -0.223. The summed E-state index contributed by atoms with van der Waals surface area (Å²) in [5.41, 5.74) is 8.93. The number of hydrogen-bond acceptors (Lipinski definition) is 2. The monoisotopic (exact) mass is 306 g/mol. The van der Waals surface area contributed by atoms with E-state index in [0.717, 1.165) is 23.2 Å². The van der Waals surface area contributed by atoms with Crippen LogP contribution in [0.4, 0.5) is 10.1 Å². The number of nitrogens with two attached hydrogens (primary N) is 1. The van der Waals surface area contributed by atoms with Crippen LogP contribution in [0.25, 0.3) is 0 Å². The van der Waals surface area contributed by atoms with E-state index in [1.807, 2.05) is 37.1 Å². The Morgan fingerprint density at radius 2 is 1.76 bits per heavy atom. The number of anilines is 1. The van der Waals surface area contributed by atoms with Gasteiger partial charge in [0.05, 0.1) is 10.7 Å². The highest BCUT2D eigenvalue weighted by atomic mass is 35.5. The van der Waals surface area contributed by atoms with Crippen molar-refractivity contribution in [3.05, 3.63) is 64.4 Å². The summed E-state index contributed by atoms with van der Waals surface area (Å²) in [6.45, 7) is 2.65. The van der Waals surface area contributed by atoms with Crippen LogP contribution in [0, 0.1) is 5.82 Å². The molecule has 0 amide bonds. The maximum absolute atomic E-state index is 12.9. The fourth-order valence-corrected chi connectivity index (χ4v) is 2.65. The minimum atomic E-state index is -0.223. The quantitative estimate of drug-likeness (QED) is 0.904. The van der Waals surface area contributed by atoms with Gasteiger partial charge in [0.15, 0.2) is 0 Å². The Kier molecular flexibility index (Phi) is 5.21. The predicted molar refractivity (Wildman–Crippen MR) is 87.3 cm³/mol. The fraction of sp³-hybridized carbons (Fsp3) is 0.294. The van der Waals surface area contributed by atoms with Gasteiger partial charge >= 0.3 is 0 Å². The summed E-state index contributed by atoms with van der Waals surface area (Å²) in [7, 11) is 1.97. The molecule has 0 bridgehead atoms. The van der Waals surface area contributed by atoms with Crippen LogP contribution < -0.4 is 10.6 Å². The molecule has 2 nitrogen and oxygen atoms in total. The first-order chi connectivity index (χ1) is 9.95. The molecule has 0 aromatic heterocycles. The van der Waals surface area contributed by atoms with Gasteiger partial charge in [-0.2, -0.15) is 0 Å². The Bertz CT molecular complexity index is 596. The van der Waals surface area contributed by atoms with Crippen LogP contribution >= 0.6 is 11.6 Å². The Morgan fingerprint density at radius 1 is 1.14 bits per heavy atom. The summed E-state index contributed by atoms with van der Waals surface area (Å²) in [4.78, 5) is 2.05. The Balaban J connectivity index is 2.11. The second-order valence-corrected chi connectivity index (χ2v) is 5.86. The zero-order valence-corrected chi connectivity index (χ0v) is 13.1. The van der Waals surface area contributed by atoms with Crippen molar-refractivity contribution in [2.45, 2.75) is 25.9 Å². The number of rotatable bonds is 5. The number of halogens is 2. The van der Waals surface area contributed by atoms with Gasteiger partial charge in [0.1, 0.15) is 5.82 Å². The van der Waals surface area contributed by atoms with Crippen molar-refractivity contribution in [3.63, 3.8) is 0 Å². The second kappa shape index (κ2) is 6.92. The van der Waals surface area contributed by atoms with E-state index in [2.05, 4.69) is 0 Å². The molecule has 1 unspecified atom stereocenters. The average Bonchev–Trinajstić information content (AvgIpc) is 2.40. The molecular formula is C17H20ClFN2. The van der Waals surface area contributed by atoms with Crippen LogP contribution in [-0.4, -0.2) is 13.1 Å². The van der Waals surface area contributed by atoms with Gasteiger partial charge < -0.3 is 10.6 Å². The standard InChI is InChI=1S/C17H20ClFN2/c1-12(20)9-14-5-8-17(16(18)10-14)21(2)11-13-3-6-15(19)7-4-13/h3-8,10,12H,9,11,20H2,1-2H3. The van der Waals surface area contributed by atoms with Crippen molar-refractivity contribution in [1.82, 2.24) is 0 Å². The summed E-state index contributed by atoms with van der Waals surface area (Å²) in [6.07, 6.45) is 0.807. The molecule has 4 heteroatoms. The third-order valence-corrected chi connectivity index (χ3v) is 3.62. The van der Waals surface area contributed by atoms with E-state index in [-0.39, 0.29) is 11.9 Å². The molecule has 0 heterocycles. The predicted octanol–water partition coefficient (Wildman–Crippen LogP) is 4.01. The Hall–Kier alpha value is -1.58. The molecule has 2 N–H and O–H groups in total. The topological polar surface area (TPSA) is 29.3 Å². The van der Waals surface area contributed by atoms with E-state index in [1.165, 1.54) is 12.1 Å². The number of benzene rings is 2. The van der Waals surface area contributed by atoms with E-state index >= 15 is 0 Å². The molecular weight excluding hydrogens is 287 g/mol. The SMILES string of the molecule is CC(N)Cc1ccc(N(C)Cc2ccc(F)cc2)c(Cl)c1. The van der Waals surface area contributed by atoms with Gasteiger partial charge in [-0.15, -0.1) is 0 Å². The van der Waals surface area contributed by atoms with Gasteiger partial charge in [0.2, 0.25) is 0 Å². The first-order valence-electron chi connectivity index (χ1n) is 6.95. The molecule has 21 heavy (non-hydrogen) atoms. The van der Waals surface area contributed by atoms with Crippen LogP contribution in [0.5, 0.6) is 0 Å². The van der Waals surface area contributed by atoms with Gasteiger partial charge in [-0.3, -0.25) is 0 Å². The second-order valence-electron chi connectivity index (χ2n) is 5.45. The highest BCUT2D eigenvalue weighted by Crippen LogP contribution is 2.27. The summed E-state index contributed by atoms with van der Waals surface area (Å²) < 4.78 is 12.9. The summed E-state index contributed by atoms with van der Waals surface area (Å²) in [6, 6.07) is 12.6. The number of nitrogens with zero attached hydrogens (tertiary/aromatic N) is 1. The van der Waals surface area contributed by atoms with Crippen molar-refractivity contribution < 1.29 is 4.39 Å². The van der Waals surface area contributed by atoms with Crippen LogP contribution in [0.2, 0.25) is 5.02 Å². The van der Waals surface area contributed by atoms with E-state index in [9.17, 15) is 4.39 Å². The number of hydrogen-bond donors (Lipinski definition) is 1. The lowest BCUT2D eigenvalue weighted by Gasteiger charge is -2.21. The van der Waals surface area contributed by atoms with Gasteiger partial charge in [-0.05, 0) is 48.7 Å². The normalized spacial score (nSPS) is 12.2. The lowest BCUT2D eigenvalue weighted by Crippen LogP contribution is -2.19. The highest BCUT2D eigenvalue weighted by Gasteiger charge is 2.09. The molecule has 1 atom stereocenters. The first kappa shape index (κ1) is 15.8. The van der Waals surface area contributed by atoms with E-state index in [0.29, 0.717) is 11.6 Å². The molecule has 2 aromatic rings. The Labute approximate surface area is 130 Å². The van der Waals surface area contributed by atoms with Crippen LogP contribution in [0.15, 0.2) is 42.5 Å². The van der Waals surface area contributed by atoms with Crippen LogP contribution in [0.1, 0.15) is 18.1 Å².